The fourth-order valence-corrected chi connectivity index (χ4v) is 4.09. The molecule has 3 heteroatoms. The Kier molecular flexibility index (Phi) is 5.27. The van der Waals surface area contributed by atoms with Crippen LogP contribution in [0.2, 0.25) is 0 Å². The van der Waals surface area contributed by atoms with Crippen LogP contribution in [0.25, 0.3) is 0 Å². The van der Waals surface area contributed by atoms with E-state index in [1.165, 1.54) is 18.4 Å². The van der Waals surface area contributed by atoms with Gasteiger partial charge in [0.2, 0.25) is 0 Å². The quantitative estimate of drug-likeness (QED) is 0.816. The van der Waals surface area contributed by atoms with E-state index in [0.29, 0.717) is 11.5 Å². The lowest BCUT2D eigenvalue weighted by atomic mass is 9.67. The zero-order chi connectivity index (χ0) is 14.6. The van der Waals surface area contributed by atoms with Crippen molar-refractivity contribution >= 4 is 11.3 Å². The van der Waals surface area contributed by atoms with Gasteiger partial charge in [0, 0.05) is 6.61 Å². The number of nitrogens with one attached hydrogen (secondary N) is 1. The molecule has 20 heavy (non-hydrogen) atoms. The summed E-state index contributed by atoms with van der Waals surface area (Å²) < 4.78 is 6.34. The van der Waals surface area contributed by atoms with E-state index in [9.17, 15) is 0 Å². The van der Waals surface area contributed by atoms with Gasteiger partial charge in [-0.15, -0.1) is 0 Å². The summed E-state index contributed by atoms with van der Waals surface area (Å²) in [5, 5.41) is 8.13. The first kappa shape index (κ1) is 16.0. The lowest BCUT2D eigenvalue weighted by Crippen LogP contribution is -2.49. The number of hydrogen-bond acceptors (Lipinski definition) is 3. The van der Waals surface area contributed by atoms with Crippen molar-refractivity contribution in [2.24, 2.45) is 5.41 Å². The smallest absolute Gasteiger partial charge is 0.0876 e. The summed E-state index contributed by atoms with van der Waals surface area (Å²) in [4.78, 5) is 0. The van der Waals surface area contributed by atoms with Crippen molar-refractivity contribution in [3.8, 4) is 0 Å². The van der Waals surface area contributed by atoms with Crippen LogP contribution in [-0.2, 0) is 4.74 Å². The molecule has 1 aromatic rings. The molecule has 0 aliphatic heterocycles. The van der Waals surface area contributed by atoms with Crippen molar-refractivity contribution in [2.75, 3.05) is 13.2 Å². The normalized spacial score (nSPS) is 22.6. The van der Waals surface area contributed by atoms with E-state index in [2.05, 4.69) is 49.8 Å². The summed E-state index contributed by atoms with van der Waals surface area (Å²) in [5.74, 6) is 0. The first-order valence-corrected chi connectivity index (χ1v) is 8.87. The molecule has 2 rings (SSSR count). The average molecular weight is 295 g/mol. The molecule has 0 spiro atoms. The van der Waals surface area contributed by atoms with Crippen molar-refractivity contribution in [3.05, 3.63) is 22.4 Å². The monoisotopic (exact) mass is 295 g/mol. The Morgan fingerprint density at radius 3 is 2.45 bits per heavy atom. The zero-order valence-electron chi connectivity index (χ0n) is 13.4. The van der Waals surface area contributed by atoms with Gasteiger partial charge in [0.1, 0.15) is 0 Å². The second-order valence-electron chi connectivity index (χ2n) is 6.71. The van der Waals surface area contributed by atoms with Crippen molar-refractivity contribution < 1.29 is 4.74 Å². The molecule has 0 radical (unpaired) electrons. The summed E-state index contributed by atoms with van der Waals surface area (Å²) in [6.45, 7) is 10.9. The molecule has 1 unspecified atom stereocenters. The van der Waals surface area contributed by atoms with Crippen LogP contribution in [-0.4, -0.2) is 18.8 Å². The molecule has 114 valence electrons. The van der Waals surface area contributed by atoms with E-state index in [-0.39, 0.29) is 5.60 Å². The molecule has 0 bridgehead atoms. The summed E-state index contributed by atoms with van der Waals surface area (Å²) >= 11 is 1.78. The highest BCUT2D eigenvalue weighted by Crippen LogP contribution is 2.47. The molecule has 1 N–H and O–H groups in total. The second kappa shape index (κ2) is 6.59. The molecule has 1 aromatic heterocycles. The lowest BCUT2D eigenvalue weighted by molar-refractivity contribution is -0.107. The molecule has 1 saturated carbocycles. The van der Waals surface area contributed by atoms with E-state index in [1.54, 1.807) is 11.3 Å². The summed E-state index contributed by atoms with van der Waals surface area (Å²) in [7, 11) is 0. The van der Waals surface area contributed by atoms with Gasteiger partial charge in [-0.25, -0.2) is 0 Å². The number of rotatable bonds is 6. The van der Waals surface area contributed by atoms with Crippen molar-refractivity contribution in [2.45, 2.75) is 65.0 Å². The van der Waals surface area contributed by atoms with Gasteiger partial charge in [-0.1, -0.05) is 20.8 Å². The molecule has 1 aliphatic rings. The van der Waals surface area contributed by atoms with Gasteiger partial charge in [-0.2, -0.15) is 11.3 Å². The maximum atomic E-state index is 6.34. The van der Waals surface area contributed by atoms with Gasteiger partial charge in [-0.3, -0.25) is 0 Å². The Bertz CT molecular complexity index is 389. The average Bonchev–Trinajstić information content (AvgIpc) is 2.93. The van der Waals surface area contributed by atoms with Crippen LogP contribution < -0.4 is 5.32 Å². The molecule has 2 nitrogen and oxygen atoms in total. The van der Waals surface area contributed by atoms with Gasteiger partial charge in [0.05, 0.1) is 11.6 Å². The fourth-order valence-electron chi connectivity index (χ4n) is 3.40. The molecule has 0 aromatic carbocycles. The van der Waals surface area contributed by atoms with Crippen LogP contribution in [0.1, 0.15) is 65.0 Å². The molecular formula is C17H29NOS. The first-order chi connectivity index (χ1) is 9.53. The molecule has 1 fully saturated rings. The third-order valence-electron chi connectivity index (χ3n) is 4.69. The van der Waals surface area contributed by atoms with Gasteiger partial charge in [-0.05, 0) is 67.0 Å². The van der Waals surface area contributed by atoms with Crippen LogP contribution in [0, 0.1) is 5.41 Å². The SMILES string of the molecule is CCNC(c1ccsc1)C1(OCC)CCC(C)(C)CC1. The van der Waals surface area contributed by atoms with E-state index in [0.717, 1.165) is 26.0 Å². The fraction of sp³-hybridized carbons (Fsp3) is 0.765. The third-order valence-corrected chi connectivity index (χ3v) is 5.39. The molecule has 0 amide bonds. The predicted molar refractivity (Wildman–Crippen MR) is 87.3 cm³/mol. The number of hydrogen-bond donors (Lipinski definition) is 1. The van der Waals surface area contributed by atoms with Crippen molar-refractivity contribution in [1.82, 2.24) is 5.32 Å². The highest BCUT2D eigenvalue weighted by molar-refractivity contribution is 7.07. The highest BCUT2D eigenvalue weighted by Gasteiger charge is 2.45. The van der Waals surface area contributed by atoms with Gasteiger partial charge < -0.3 is 10.1 Å². The maximum absolute atomic E-state index is 6.34. The second-order valence-corrected chi connectivity index (χ2v) is 7.49. The Labute approximate surface area is 127 Å². The predicted octanol–water partition coefficient (Wildman–Crippen LogP) is 4.77. The zero-order valence-corrected chi connectivity index (χ0v) is 14.2. The van der Waals surface area contributed by atoms with Crippen LogP contribution >= 0.6 is 11.3 Å². The Hall–Kier alpha value is -0.380. The topological polar surface area (TPSA) is 21.3 Å². The maximum Gasteiger partial charge on any atom is 0.0876 e. The van der Waals surface area contributed by atoms with Gasteiger partial charge in [0.25, 0.3) is 0 Å². The Morgan fingerprint density at radius 2 is 1.95 bits per heavy atom. The van der Waals surface area contributed by atoms with E-state index in [1.807, 2.05) is 0 Å². The number of likely N-dealkylation sites (N-methyl/N-ethyl adjacent to an activating group) is 1. The Morgan fingerprint density at radius 1 is 1.25 bits per heavy atom. The number of ether oxygens (including phenoxy) is 1. The minimum absolute atomic E-state index is 0.0264. The van der Waals surface area contributed by atoms with Gasteiger partial charge >= 0.3 is 0 Å². The summed E-state index contributed by atoms with van der Waals surface area (Å²) in [6, 6.07) is 2.58. The molecule has 1 atom stereocenters. The van der Waals surface area contributed by atoms with Crippen molar-refractivity contribution in [1.29, 1.82) is 0 Å². The highest BCUT2D eigenvalue weighted by atomic mass is 32.1. The number of thiophene rings is 1. The molecular weight excluding hydrogens is 266 g/mol. The van der Waals surface area contributed by atoms with Crippen molar-refractivity contribution in [3.63, 3.8) is 0 Å². The van der Waals surface area contributed by atoms with Crippen LogP contribution in [0.3, 0.4) is 0 Å². The lowest BCUT2D eigenvalue weighted by Gasteiger charge is -2.47. The van der Waals surface area contributed by atoms with Crippen LogP contribution in [0.4, 0.5) is 0 Å². The van der Waals surface area contributed by atoms with Crippen LogP contribution in [0.5, 0.6) is 0 Å². The van der Waals surface area contributed by atoms with Crippen LogP contribution in [0.15, 0.2) is 16.8 Å². The first-order valence-electron chi connectivity index (χ1n) is 7.92. The standard InChI is InChI=1S/C17H29NOS/c1-5-18-15(14-7-12-20-13-14)17(19-6-2)10-8-16(3,4)9-11-17/h7,12-13,15,18H,5-6,8-11H2,1-4H3. The minimum Gasteiger partial charge on any atom is -0.373 e. The van der Waals surface area contributed by atoms with E-state index < -0.39 is 0 Å². The third kappa shape index (κ3) is 3.44. The largest absolute Gasteiger partial charge is 0.373 e. The van der Waals surface area contributed by atoms with E-state index >= 15 is 0 Å². The molecule has 1 heterocycles. The molecule has 1 aliphatic carbocycles. The Balaban J connectivity index is 2.25. The van der Waals surface area contributed by atoms with E-state index in [4.69, 9.17) is 4.74 Å². The summed E-state index contributed by atoms with van der Waals surface area (Å²) in [5.41, 5.74) is 1.83. The molecule has 0 saturated heterocycles. The van der Waals surface area contributed by atoms with Gasteiger partial charge in [0.15, 0.2) is 0 Å². The minimum atomic E-state index is -0.0264. The summed E-state index contributed by atoms with van der Waals surface area (Å²) in [6.07, 6.45) is 4.81.